The molecule has 1 fully saturated rings. The number of rotatable bonds is 4. The molecule has 0 saturated carbocycles. The van der Waals surface area contributed by atoms with Gasteiger partial charge in [-0.15, -0.1) is 0 Å². The minimum Gasteiger partial charge on any atom is -0.508 e. The van der Waals surface area contributed by atoms with Crippen molar-refractivity contribution in [3.05, 3.63) is 29.8 Å². The molecule has 2 nitrogen and oxygen atoms in total. The van der Waals surface area contributed by atoms with E-state index in [1.165, 1.54) is 23.5 Å². The lowest BCUT2D eigenvalue weighted by atomic mass is 9.85. The summed E-state index contributed by atoms with van der Waals surface area (Å²) in [6.45, 7) is 0.995. The van der Waals surface area contributed by atoms with Gasteiger partial charge in [0.2, 0.25) is 0 Å². The number of thioether (sulfide) groups is 1. The SMILES string of the molecule is CNCC(c1cccc(O)c1)C1CCSC1. The van der Waals surface area contributed by atoms with E-state index in [2.05, 4.69) is 11.4 Å². The van der Waals surface area contributed by atoms with Gasteiger partial charge in [-0.25, -0.2) is 0 Å². The van der Waals surface area contributed by atoms with Crippen molar-refractivity contribution in [1.29, 1.82) is 0 Å². The van der Waals surface area contributed by atoms with E-state index in [9.17, 15) is 5.11 Å². The van der Waals surface area contributed by atoms with Crippen LogP contribution in [0.3, 0.4) is 0 Å². The van der Waals surface area contributed by atoms with Gasteiger partial charge in [-0.3, -0.25) is 0 Å². The molecule has 0 amide bonds. The minimum atomic E-state index is 0.379. The molecule has 1 aliphatic rings. The molecule has 1 aromatic rings. The van der Waals surface area contributed by atoms with Crippen molar-refractivity contribution in [2.75, 3.05) is 25.1 Å². The van der Waals surface area contributed by atoms with Gasteiger partial charge in [-0.05, 0) is 48.6 Å². The van der Waals surface area contributed by atoms with Crippen LogP contribution in [-0.4, -0.2) is 30.2 Å². The molecule has 1 saturated heterocycles. The smallest absolute Gasteiger partial charge is 0.115 e. The quantitative estimate of drug-likeness (QED) is 0.843. The van der Waals surface area contributed by atoms with Crippen LogP contribution < -0.4 is 5.32 Å². The standard InChI is InChI=1S/C13H19NOS/c1-14-8-13(11-5-6-16-9-11)10-3-2-4-12(15)7-10/h2-4,7,11,13-15H,5-6,8-9H2,1H3. The largest absolute Gasteiger partial charge is 0.508 e. The van der Waals surface area contributed by atoms with Crippen molar-refractivity contribution >= 4 is 11.8 Å². The molecule has 2 unspecified atom stereocenters. The van der Waals surface area contributed by atoms with Crippen LogP contribution in [0.4, 0.5) is 0 Å². The van der Waals surface area contributed by atoms with E-state index in [1.54, 1.807) is 6.07 Å². The summed E-state index contributed by atoms with van der Waals surface area (Å²) >= 11 is 2.04. The van der Waals surface area contributed by atoms with Crippen LogP contribution in [0.1, 0.15) is 17.9 Å². The number of aromatic hydroxyl groups is 1. The van der Waals surface area contributed by atoms with Crippen molar-refractivity contribution in [1.82, 2.24) is 5.32 Å². The third kappa shape index (κ3) is 2.71. The monoisotopic (exact) mass is 237 g/mol. The van der Waals surface area contributed by atoms with Crippen LogP contribution in [0.5, 0.6) is 5.75 Å². The van der Waals surface area contributed by atoms with Crippen molar-refractivity contribution in [2.45, 2.75) is 12.3 Å². The van der Waals surface area contributed by atoms with E-state index in [0.29, 0.717) is 11.7 Å². The molecule has 0 aromatic heterocycles. The third-order valence-electron chi connectivity index (χ3n) is 3.26. The number of hydrogen-bond acceptors (Lipinski definition) is 3. The molecular formula is C13H19NOS. The first-order valence-electron chi connectivity index (χ1n) is 5.82. The predicted molar refractivity (Wildman–Crippen MR) is 70.2 cm³/mol. The number of phenolic OH excluding ortho intramolecular Hbond substituents is 1. The van der Waals surface area contributed by atoms with Crippen LogP contribution in [0.25, 0.3) is 0 Å². The topological polar surface area (TPSA) is 32.3 Å². The molecule has 3 heteroatoms. The lowest BCUT2D eigenvalue weighted by Crippen LogP contribution is -2.24. The Morgan fingerprint density at radius 2 is 2.44 bits per heavy atom. The molecule has 1 aliphatic heterocycles. The third-order valence-corrected chi connectivity index (χ3v) is 4.44. The molecule has 0 spiro atoms. The summed E-state index contributed by atoms with van der Waals surface area (Å²) in [5.74, 6) is 4.20. The summed E-state index contributed by atoms with van der Waals surface area (Å²) in [4.78, 5) is 0. The van der Waals surface area contributed by atoms with Gasteiger partial charge in [0.15, 0.2) is 0 Å². The molecule has 2 rings (SSSR count). The predicted octanol–water partition coefficient (Wildman–Crippen LogP) is 2.45. The Kier molecular flexibility index (Phi) is 4.13. The fourth-order valence-corrected chi connectivity index (χ4v) is 3.74. The van der Waals surface area contributed by atoms with E-state index in [4.69, 9.17) is 0 Å². The van der Waals surface area contributed by atoms with Gasteiger partial charge in [0.25, 0.3) is 0 Å². The summed E-state index contributed by atoms with van der Waals surface area (Å²) in [7, 11) is 2.00. The lowest BCUT2D eigenvalue weighted by Gasteiger charge is -2.23. The Morgan fingerprint density at radius 1 is 1.56 bits per heavy atom. The average Bonchev–Trinajstić information content (AvgIpc) is 2.79. The number of hydrogen-bond donors (Lipinski definition) is 2. The summed E-state index contributed by atoms with van der Waals surface area (Å²) in [5.41, 5.74) is 1.27. The summed E-state index contributed by atoms with van der Waals surface area (Å²) in [6.07, 6.45) is 1.30. The van der Waals surface area contributed by atoms with E-state index in [0.717, 1.165) is 12.5 Å². The maximum absolute atomic E-state index is 9.55. The summed E-state index contributed by atoms with van der Waals surface area (Å²) in [6, 6.07) is 7.72. The van der Waals surface area contributed by atoms with Gasteiger partial charge in [-0.1, -0.05) is 12.1 Å². The van der Waals surface area contributed by atoms with Gasteiger partial charge < -0.3 is 10.4 Å². The van der Waals surface area contributed by atoms with Crippen LogP contribution in [0, 0.1) is 5.92 Å². The number of phenols is 1. The molecule has 0 radical (unpaired) electrons. The van der Waals surface area contributed by atoms with Gasteiger partial charge in [0.05, 0.1) is 0 Å². The van der Waals surface area contributed by atoms with Gasteiger partial charge >= 0.3 is 0 Å². The zero-order chi connectivity index (χ0) is 11.4. The Balaban J connectivity index is 2.17. The lowest BCUT2D eigenvalue weighted by molar-refractivity contribution is 0.445. The van der Waals surface area contributed by atoms with Crippen LogP contribution >= 0.6 is 11.8 Å². The molecular weight excluding hydrogens is 218 g/mol. The van der Waals surface area contributed by atoms with Crippen LogP contribution in [0.15, 0.2) is 24.3 Å². The van der Waals surface area contributed by atoms with E-state index in [-0.39, 0.29) is 0 Å². The first-order valence-corrected chi connectivity index (χ1v) is 6.98. The highest BCUT2D eigenvalue weighted by Crippen LogP contribution is 2.36. The summed E-state index contributed by atoms with van der Waals surface area (Å²) < 4.78 is 0. The second kappa shape index (κ2) is 5.60. The zero-order valence-electron chi connectivity index (χ0n) is 9.65. The normalized spacial score (nSPS) is 22.2. The number of nitrogens with one attached hydrogen (secondary N) is 1. The van der Waals surface area contributed by atoms with E-state index in [1.807, 2.05) is 30.9 Å². The maximum Gasteiger partial charge on any atom is 0.115 e. The second-order valence-corrected chi connectivity index (χ2v) is 5.53. The average molecular weight is 237 g/mol. The van der Waals surface area contributed by atoms with Crippen molar-refractivity contribution in [3.8, 4) is 5.75 Å². The second-order valence-electron chi connectivity index (χ2n) is 4.38. The van der Waals surface area contributed by atoms with E-state index < -0.39 is 0 Å². The minimum absolute atomic E-state index is 0.379. The Morgan fingerprint density at radius 3 is 3.06 bits per heavy atom. The highest BCUT2D eigenvalue weighted by atomic mass is 32.2. The maximum atomic E-state index is 9.55. The highest BCUT2D eigenvalue weighted by Gasteiger charge is 2.26. The fourth-order valence-electron chi connectivity index (χ4n) is 2.40. The summed E-state index contributed by atoms with van der Waals surface area (Å²) in [5, 5.41) is 12.8. The van der Waals surface area contributed by atoms with Gasteiger partial charge in [0, 0.05) is 12.5 Å². The van der Waals surface area contributed by atoms with Gasteiger partial charge in [0.1, 0.15) is 5.75 Å². The Labute approximate surface area is 101 Å². The molecule has 0 bridgehead atoms. The van der Waals surface area contributed by atoms with Crippen molar-refractivity contribution in [2.24, 2.45) is 5.92 Å². The van der Waals surface area contributed by atoms with Gasteiger partial charge in [-0.2, -0.15) is 11.8 Å². The Bertz CT molecular complexity index is 336. The Hall–Kier alpha value is -0.670. The number of benzene rings is 1. The molecule has 1 heterocycles. The van der Waals surface area contributed by atoms with Crippen molar-refractivity contribution in [3.63, 3.8) is 0 Å². The fraction of sp³-hybridized carbons (Fsp3) is 0.538. The van der Waals surface area contributed by atoms with Crippen LogP contribution in [-0.2, 0) is 0 Å². The zero-order valence-corrected chi connectivity index (χ0v) is 10.5. The molecule has 2 atom stereocenters. The molecule has 2 N–H and O–H groups in total. The number of likely N-dealkylation sites (N-methyl/N-ethyl adjacent to an activating group) is 1. The highest BCUT2D eigenvalue weighted by molar-refractivity contribution is 7.99. The molecule has 0 aliphatic carbocycles. The molecule has 1 aromatic carbocycles. The molecule has 16 heavy (non-hydrogen) atoms. The molecule has 88 valence electrons. The first-order chi connectivity index (χ1) is 7.81. The van der Waals surface area contributed by atoms with Crippen molar-refractivity contribution < 1.29 is 5.11 Å². The van der Waals surface area contributed by atoms with Crippen LogP contribution in [0.2, 0.25) is 0 Å². The first kappa shape index (κ1) is 11.8. The van der Waals surface area contributed by atoms with E-state index >= 15 is 0 Å².